The van der Waals surface area contributed by atoms with E-state index >= 15 is 0 Å². The van der Waals surface area contributed by atoms with E-state index in [2.05, 4.69) is 0 Å². The molecule has 0 bridgehead atoms. The molecule has 2 fully saturated rings. The van der Waals surface area contributed by atoms with E-state index < -0.39 is 41.1 Å². The van der Waals surface area contributed by atoms with Gasteiger partial charge in [-0.05, 0) is 30.3 Å². The first kappa shape index (κ1) is 22.6. The van der Waals surface area contributed by atoms with E-state index in [9.17, 15) is 27.9 Å². The first-order chi connectivity index (χ1) is 15.2. The van der Waals surface area contributed by atoms with Crippen molar-refractivity contribution in [2.45, 2.75) is 12.1 Å². The van der Waals surface area contributed by atoms with Gasteiger partial charge in [-0.25, -0.2) is 13.2 Å². The van der Waals surface area contributed by atoms with Crippen LogP contribution >= 0.6 is 11.6 Å². The lowest BCUT2D eigenvalue weighted by atomic mass is 10.1. The fraction of sp³-hybridized carbons (Fsp3) is 0.364. The third-order valence-electron chi connectivity index (χ3n) is 5.95. The van der Waals surface area contributed by atoms with Gasteiger partial charge >= 0.3 is 0 Å². The first-order valence-electron chi connectivity index (χ1n) is 10.2. The lowest BCUT2D eigenvalue weighted by Gasteiger charge is -2.38. The predicted octanol–water partition coefficient (Wildman–Crippen LogP) is 2.40. The van der Waals surface area contributed by atoms with Gasteiger partial charge in [0, 0.05) is 55.9 Å². The maximum atomic E-state index is 14.0. The van der Waals surface area contributed by atoms with Crippen molar-refractivity contribution in [3.8, 4) is 0 Å². The lowest BCUT2D eigenvalue weighted by molar-refractivity contribution is 0.0376. The molecule has 2 aliphatic rings. The largest absolute Gasteiger partial charge is 0.390 e. The van der Waals surface area contributed by atoms with E-state index in [4.69, 9.17) is 11.6 Å². The van der Waals surface area contributed by atoms with Gasteiger partial charge in [0.15, 0.2) is 11.6 Å². The summed E-state index contributed by atoms with van der Waals surface area (Å²) in [5, 5.41) is 11.0. The van der Waals surface area contributed by atoms with Gasteiger partial charge in [-0.2, -0.15) is 0 Å². The second-order valence-corrected chi connectivity index (χ2v) is 8.36. The molecule has 2 unspecified atom stereocenters. The number of carbonyl (C=O) groups is 2. The van der Waals surface area contributed by atoms with Crippen LogP contribution in [0, 0.1) is 17.5 Å². The Hall–Kier alpha value is -2.62. The van der Waals surface area contributed by atoms with Crippen LogP contribution in [0.1, 0.15) is 20.7 Å². The average Bonchev–Trinajstić information content (AvgIpc) is 3.17. The third-order valence-corrected chi connectivity index (χ3v) is 6.20. The summed E-state index contributed by atoms with van der Waals surface area (Å²) in [7, 11) is 0. The van der Waals surface area contributed by atoms with Gasteiger partial charge in [0.2, 0.25) is 0 Å². The zero-order chi connectivity index (χ0) is 23.0. The Morgan fingerprint density at radius 3 is 2.12 bits per heavy atom. The van der Waals surface area contributed by atoms with Crippen LogP contribution in [-0.4, -0.2) is 83.0 Å². The van der Waals surface area contributed by atoms with Crippen molar-refractivity contribution in [2.24, 2.45) is 0 Å². The highest BCUT2D eigenvalue weighted by Crippen LogP contribution is 2.23. The van der Waals surface area contributed by atoms with Crippen LogP contribution in [0.5, 0.6) is 0 Å². The number of β-amino-alcohol motifs (C(OH)–C–C–N with tert-alkyl or cyclic N) is 1. The summed E-state index contributed by atoms with van der Waals surface area (Å²) < 4.78 is 40.6. The minimum absolute atomic E-state index is 0.0497. The van der Waals surface area contributed by atoms with Gasteiger partial charge in [0.1, 0.15) is 5.82 Å². The number of benzene rings is 2. The SMILES string of the molecule is O=C(c1ccc(Cl)cc1)N1CCN(C2CN(C(=O)c3cc(F)c(F)cc3F)CC2O)CC1. The lowest BCUT2D eigenvalue weighted by Crippen LogP contribution is -2.54. The van der Waals surface area contributed by atoms with Crippen LogP contribution in [0.3, 0.4) is 0 Å². The predicted molar refractivity (Wildman–Crippen MR) is 111 cm³/mol. The number of rotatable bonds is 3. The summed E-state index contributed by atoms with van der Waals surface area (Å²) in [6.45, 7) is 1.92. The van der Waals surface area contributed by atoms with Crippen molar-refractivity contribution in [1.29, 1.82) is 0 Å². The van der Waals surface area contributed by atoms with Gasteiger partial charge in [0.05, 0.1) is 17.7 Å². The Morgan fingerprint density at radius 2 is 1.47 bits per heavy atom. The van der Waals surface area contributed by atoms with Crippen molar-refractivity contribution >= 4 is 23.4 Å². The molecule has 0 aliphatic carbocycles. The number of hydrogen-bond donors (Lipinski definition) is 1. The Balaban J connectivity index is 1.37. The number of piperazine rings is 1. The molecule has 2 aliphatic heterocycles. The second-order valence-electron chi connectivity index (χ2n) is 7.93. The molecule has 2 aromatic carbocycles. The van der Waals surface area contributed by atoms with Gasteiger partial charge in [0.25, 0.3) is 11.8 Å². The van der Waals surface area contributed by atoms with Crippen molar-refractivity contribution < 1.29 is 27.9 Å². The normalized spacial score (nSPS) is 21.8. The van der Waals surface area contributed by atoms with E-state index in [-0.39, 0.29) is 19.0 Å². The van der Waals surface area contributed by atoms with Gasteiger partial charge in [-0.1, -0.05) is 11.6 Å². The molecule has 6 nitrogen and oxygen atoms in total. The molecule has 0 spiro atoms. The first-order valence-corrected chi connectivity index (χ1v) is 10.5. The van der Waals surface area contributed by atoms with Crippen LogP contribution < -0.4 is 0 Å². The molecular weight excluding hydrogens is 447 g/mol. The molecule has 0 radical (unpaired) electrons. The minimum Gasteiger partial charge on any atom is -0.390 e. The standard InChI is InChI=1S/C22H21ClF3N3O3/c23-14-3-1-13(2-4-14)21(31)28-7-5-27(6-8-28)19-11-29(12-20(19)30)22(32)15-9-17(25)18(26)10-16(15)24/h1-4,9-10,19-20,30H,5-8,11-12H2. The number of aliphatic hydroxyl groups excluding tert-OH is 1. The van der Waals surface area contributed by atoms with E-state index in [1.165, 1.54) is 4.90 Å². The Labute approximate surface area is 187 Å². The van der Waals surface area contributed by atoms with E-state index in [1.54, 1.807) is 29.2 Å². The number of halogens is 4. The summed E-state index contributed by atoms with van der Waals surface area (Å²) in [6.07, 6.45) is -0.883. The number of hydrogen-bond acceptors (Lipinski definition) is 4. The number of likely N-dealkylation sites (tertiary alicyclic amines) is 1. The monoisotopic (exact) mass is 467 g/mol. The maximum absolute atomic E-state index is 14.0. The molecule has 0 aromatic heterocycles. The van der Waals surface area contributed by atoms with Gasteiger partial charge in [-0.3, -0.25) is 14.5 Å². The zero-order valence-corrected chi connectivity index (χ0v) is 17.7. The summed E-state index contributed by atoms with van der Waals surface area (Å²) in [6, 6.07) is 7.11. The van der Waals surface area contributed by atoms with Crippen molar-refractivity contribution in [3.05, 3.63) is 70.0 Å². The molecule has 2 atom stereocenters. The van der Waals surface area contributed by atoms with Gasteiger partial charge < -0.3 is 14.9 Å². The van der Waals surface area contributed by atoms with Crippen molar-refractivity contribution in [3.63, 3.8) is 0 Å². The summed E-state index contributed by atoms with van der Waals surface area (Å²) in [5.41, 5.74) is -0.0378. The molecule has 2 saturated heterocycles. The maximum Gasteiger partial charge on any atom is 0.257 e. The quantitative estimate of drug-likeness (QED) is 0.704. The van der Waals surface area contributed by atoms with Gasteiger partial charge in [-0.15, -0.1) is 0 Å². The zero-order valence-electron chi connectivity index (χ0n) is 17.0. The molecule has 2 amide bonds. The van der Waals surface area contributed by atoms with Crippen LogP contribution in [-0.2, 0) is 0 Å². The molecule has 0 saturated carbocycles. The van der Waals surface area contributed by atoms with E-state index in [0.29, 0.717) is 48.9 Å². The number of aliphatic hydroxyl groups is 1. The number of nitrogens with zero attached hydrogens (tertiary/aromatic N) is 3. The van der Waals surface area contributed by atoms with E-state index in [0.717, 1.165) is 0 Å². The highest BCUT2D eigenvalue weighted by molar-refractivity contribution is 6.30. The molecule has 2 aromatic rings. The molecule has 32 heavy (non-hydrogen) atoms. The van der Waals surface area contributed by atoms with Crippen molar-refractivity contribution in [2.75, 3.05) is 39.3 Å². The Morgan fingerprint density at radius 1 is 0.844 bits per heavy atom. The fourth-order valence-corrected chi connectivity index (χ4v) is 4.31. The van der Waals surface area contributed by atoms with Crippen LogP contribution in [0.4, 0.5) is 13.2 Å². The molecule has 2 heterocycles. The molecule has 4 rings (SSSR count). The third kappa shape index (κ3) is 4.46. The van der Waals surface area contributed by atoms with Crippen molar-refractivity contribution in [1.82, 2.24) is 14.7 Å². The highest BCUT2D eigenvalue weighted by Gasteiger charge is 2.40. The second kappa shape index (κ2) is 9.09. The highest BCUT2D eigenvalue weighted by atomic mass is 35.5. The molecule has 1 N–H and O–H groups in total. The molecule has 170 valence electrons. The minimum atomic E-state index is -1.37. The van der Waals surface area contributed by atoms with E-state index in [1.807, 2.05) is 4.90 Å². The summed E-state index contributed by atoms with van der Waals surface area (Å²) in [4.78, 5) is 30.2. The fourth-order valence-electron chi connectivity index (χ4n) is 4.18. The average molecular weight is 468 g/mol. The number of carbonyl (C=O) groups excluding carboxylic acids is 2. The smallest absolute Gasteiger partial charge is 0.257 e. The van der Waals surface area contributed by atoms with Crippen LogP contribution in [0.15, 0.2) is 36.4 Å². The summed E-state index contributed by atoms with van der Waals surface area (Å²) in [5.74, 6) is -4.75. The van der Waals surface area contributed by atoms with Crippen LogP contribution in [0.2, 0.25) is 5.02 Å². The number of amides is 2. The topological polar surface area (TPSA) is 64.1 Å². The van der Waals surface area contributed by atoms with Crippen LogP contribution in [0.25, 0.3) is 0 Å². The Bertz CT molecular complexity index is 1030. The Kier molecular flexibility index (Phi) is 6.41. The summed E-state index contributed by atoms with van der Waals surface area (Å²) >= 11 is 5.86. The molecular formula is C22H21ClF3N3O3. The molecule has 10 heteroatoms.